The topological polar surface area (TPSA) is 63.4 Å². The van der Waals surface area contributed by atoms with E-state index in [4.69, 9.17) is 5.73 Å². The summed E-state index contributed by atoms with van der Waals surface area (Å²) in [5.41, 5.74) is 5.79. The summed E-state index contributed by atoms with van der Waals surface area (Å²) in [4.78, 5) is 2.15. The van der Waals surface area contributed by atoms with Crippen LogP contribution in [0.1, 0.15) is 39.5 Å². The van der Waals surface area contributed by atoms with Crippen LogP contribution in [0, 0.1) is 0 Å². The fraction of sp³-hybridized carbons (Fsp3) is 1.00. The molecule has 2 unspecified atom stereocenters. The van der Waals surface area contributed by atoms with Crippen molar-refractivity contribution in [3.8, 4) is 0 Å². The molecule has 2 N–H and O–H groups in total. The lowest BCUT2D eigenvalue weighted by molar-refractivity contribution is 0.0943. The Morgan fingerprint density at radius 2 is 2.11 bits per heavy atom. The summed E-state index contributed by atoms with van der Waals surface area (Å²) >= 11 is 1.73. The van der Waals surface area contributed by atoms with Crippen molar-refractivity contribution in [2.24, 2.45) is 5.73 Å². The molecule has 0 aromatic rings. The first-order valence-corrected chi connectivity index (χ1v) is 10.2. The van der Waals surface area contributed by atoms with Crippen LogP contribution in [0.2, 0.25) is 0 Å². The minimum Gasteiger partial charge on any atom is -0.329 e. The van der Waals surface area contributed by atoms with Crippen molar-refractivity contribution in [3.63, 3.8) is 0 Å². The molecule has 1 aliphatic heterocycles. The highest BCUT2D eigenvalue weighted by atomic mass is 32.2. The van der Waals surface area contributed by atoms with Crippen molar-refractivity contribution in [2.45, 2.75) is 50.4 Å². The molecule has 1 rings (SSSR count). The summed E-state index contributed by atoms with van der Waals surface area (Å²) in [6, 6.07) is 0. The second kappa shape index (κ2) is 7.29. The smallest absolute Gasteiger partial charge is 0.164 e. The molecule has 0 amide bonds. The number of nitrogens with zero attached hydrogens (tertiary/aromatic N) is 1. The first kappa shape index (κ1) is 17.3. The van der Waals surface area contributed by atoms with Crippen molar-refractivity contribution < 1.29 is 8.42 Å². The number of nitrogens with two attached hydrogens (primary N) is 1. The zero-order chi connectivity index (χ0) is 14.5. The van der Waals surface area contributed by atoms with Crippen molar-refractivity contribution >= 4 is 21.6 Å². The highest BCUT2D eigenvalue weighted by molar-refractivity contribution is 8.00. The molecule has 19 heavy (non-hydrogen) atoms. The SMILES string of the molecule is CCCCCC(C)(CN)N1CCSCC1S(C)(=O)=O. The second-order valence-electron chi connectivity index (χ2n) is 5.71. The zero-order valence-corrected chi connectivity index (χ0v) is 14.0. The summed E-state index contributed by atoms with van der Waals surface area (Å²) in [5.74, 6) is 1.66. The first-order chi connectivity index (χ1) is 8.85. The Morgan fingerprint density at radius 1 is 1.42 bits per heavy atom. The van der Waals surface area contributed by atoms with Gasteiger partial charge in [0.1, 0.15) is 5.37 Å². The van der Waals surface area contributed by atoms with Crippen LogP contribution in [0.4, 0.5) is 0 Å². The van der Waals surface area contributed by atoms with Crippen LogP contribution < -0.4 is 5.73 Å². The number of thioether (sulfide) groups is 1. The Kier molecular flexibility index (Phi) is 6.63. The van der Waals surface area contributed by atoms with Crippen molar-refractivity contribution in [1.82, 2.24) is 4.90 Å². The molecule has 0 aromatic heterocycles. The number of hydrogen-bond donors (Lipinski definition) is 1. The van der Waals surface area contributed by atoms with E-state index in [0.29, 0.717) is 12.3 Å². The maximum Gasteiger partial charge on any atom is 0.164 e. The van der Waals surface area contributed by atoms with Gasteiger partial charge in [-0.1, -0.05) is 26.2 Å². The summed E-state index contributed by atoms with van der Waals surface area (Å²) in [5, 5.41) is -0.374. The molecule has 114 valence electrons. The highest BCUT2D eigenvalue weighted by Crippen LogP contribution is 2.30. The Bertz CT molecular complexity index is 373. The van der Waals surface area contributed by atoms with E-state index >= 15 is 0 Å². The summed E-state index contributed by atoms with van der Waals surface area (Å²) in [7, 11) is -3.05. The van der Waals surface area contributed by atoms with E-state index in [0.717, 1.165) is 25.1 Å². The van der Waals surface area contributed by atoms with E-state index in [1.54, 1.807) is 11.8 Å². The lowest BCUT2D eigenvalue weighted by Crippen LogP contribution is -2.60. The lowest BCUT2D eigenvalue weighted by atomic mass is 9.92. The van der Waals surface area contributed by atoms with E-state index in [9.17, 15) is 8.42 Å². The molecule has 0 bridgehead atoms. The van der Waals surface area contributed by atoms with Crippen LogP contribution in [0.15, 0.2) is 0 Å². The average Bonchev–Trinajstić information content (AvgIpc) is 2.38. The van der Waals surface area contributed by atoms with Gasteiger partial charge in [-0.15, -0.1) is 0 Å². The molecule has 0 radical (unpaired) electrons. The molecule has 1 saturated heterocycles. The Hall–Kier alpha value is 0.220. The van der Waals surface area contributed by atoms with Gasteiger partial charge >= 0.3 is 0 Å². The van der Waals surface area contributed by atoms with E-state index in [1.165, 1.54) is 19.1 Å². The number of hydrogen-bond acceptors (Lipinski definition) is 5. The zero-order valence-electron chi connectivity index (χ0n) is 12.4. The maximum atomic E-state index is 12.0. The molecular formula is C13H28N2O2S2. The van der Waals surface area contributed by atoms with Gasteiger partial charge in [-0.3, -0.25) is 4.90 Å². The quantitative estimate of drug-likeness (QED) is 0.725. The normalized spacial score (nSPS) is 25.2. The lowest BCUT2D eigenvalue weighted by Gasteiger charge is -2.46. The molecule has 0 aromatic carbocycles. The largest absolute Gasteiger partial charge is 0.329 e. The van der Waals surface area contributed by atoms with Crippen LogP contribution in [-0.2, 0) is 9.84 Å². The molecule has 0 saturated carbocycles. The van der Waals surface area contributed by atoms with Gasteiger partial charge in [-0.05, 0) is 13.3 Å². The Labute approximate surface area is 122 Å². The van der Waals surface area contributed by atoms with Gasteiger partial charge in [0.05, 0.1) is 0 Å². The predicted octanol–water partition coefficient (Wildman–Crippen LogP) is 1.70. The van der Waals surface area contributed by atoms with Gasteiger partial charge in [-0.2, -0.15) is 11.8 Å². The summed E-state index contributed by atoms with van der Waals surface area (Å²) < 4.78 is 24.0. The molecule has 4 nitrogen and oxygen atoms in total. The summed E-state index contributed by atoms with van der Waals surface area (Å²) in [6.45, 7) is 5.64. The average molecular weight is 309 g/mol. The van der Waals surface area contributed by atoms with Crippen LogP contribution >= 0.6 is 11.8 Å². The molecule has 6 heteroatoms. The molecule has 2 atom stereocenters. The fourth-order valence-corrected chi connectivity index (χ4v) is 5.65. The third kappa shape index (κ3) is 4.62. The van der Waals surface area contributed by atoms with Crippen LogP contribution in [0.25, 0.3) is 0 Å². The van der Waals surface area contributed by atoms with Crippen LogP contribution in [0.5, 0.6) is 0 Å². The van der Waals surface area contributed by atoms with Crippen molar-refractivity contribution in [1.29, 1.82) is 0 Å². The van der Waals surface area contributed by atoms with Crippen molar-refractivity contribution in [3.05, 3.63) is 0 Å². The molecule has 0 spiro atoms. The van der Waals surface area contributed by atoms with E-state index < -0.39 is 9.84 Å². The number of sulfone groups is 1. The standard InChI is InChI=1S/C13H28N2O2S2/c1-4-5-6-7-13(2,11-14)15-8-9-18-10-12(15)19(3,16)17/h12H,4-11,14H2,1-3H3. The van der Waals surface area contributed by atoms with Crippen molar-refractivity contribution in [2.75, 3.05) is 30.9 Å². The highest BCUT2D eigenvalue weighted by Gasteiger charge is 2.41. The Morgan fingerprint density at radius 3 is 2.63 bits per heavy atom. The van der Waals surface area contributed by atoms with Gasteiger partial charge in [0.2, 0.25) is 0 Å². The number of unbranched alkanes of at least 4 members (excludes halogenated alkanes) is 2. The van der Waals surface area contributed by atoms with E-state index in [1.807, 2.05) is 0 Å². The summed E-state index contributed by atoms with van der Waals surface area (Å²) in [6.07, 6.45) is 5.80. The van der Waals surface area contributed by atoms with Gasteiger partial charge in [0.25, 0.3) is 0 Å². The monoisotopic (exact) mass is 308 g/mol. The van der Waals surface area contributed by atoms with E-state index in [2.05, 4.69) is 18.7 Å². The van der Waals surface area contributed by atoms with Crippen LogP contribution in [0.3, 0.4) is 0 Å². The van der Waals surface area contributed by atoms with Gasteiger partial charge in [0.15, 0.2) is 9.84 Å². The van der Waals surface area contributed by atoms with Crippen LogP contribution in [-0.4, -0.2) is 55.1 Å². The van der Waals surface area contributed by atoms with E-state index in [-0.39, 0.29) is 10.9 Å². The first-order valence-electron chi connectivity index (χ1n) is 7.08. The van der Waals surface area contributed by atoms with Gasteiger partial charge in [-0.25, -0.2) is 8.42 Å². The molecule has 1 fully saturated rings. The molecule has 1 heterocycles. The third-order valence-electron chi connectivity index (χ3n) is 4.03. The minimum atomic E-state index is -3.05. The minimum absolute atomic E-state index is 0.191. The molecular weight excluding hydrogens is 280 g/mol. The number of rotatable bonds is 7. The fourth-order valence-electron chi connectivity index (χ4n) is 2.67. The molecule has 0 aliphatic carbocycles. The third-order valence-corrected chi connectivity index (χ3v) is 6.67. The Balaban J connectivity index is 2.86. The molecule has 1 aliphatic rings. The van der Waals surface area contributed by atoms with Gasteiger partial charge in [0, 0.05) is 36.4 Å². The predicted molar refractivity (Wildman–Crippen MR) is 84.3 cm³/mol. The van der Waals surface area contributed by atoms with Gasteiger partial charge < -0.3 is 5.73 Å². The maximum absolute atomic E-state index is 12.0. The second-order valence-corrected chi connectivity index (χ2v) is 9.06.